The van der Waals surface area contributed by atoms with Crippen LogP contribution in [0.2, 0.25) is 0 Å². The van der Waals surface area contributed by atoms with E-state index in [9.17, 15) is 10.1 Å². The summed E-state index contributed by atoms with van der Waals surface area (Å²) in [5.41, 5.74) is 1.61. The topological polar surface area (TPSA) is 110 Å². The third-order valence-corrected chi connectivity index (χ3v) is 0.845. The van der Waals surface area contributed by atoms with Gasteiger partial charge in [0.2, 0.25) is 0 Å². The molecule has 11 heavy (non-hydrogen) atoms. The second-order valence-electron chi connectivity index (χ2n) is 1.56. The molecule has 58 valence electrons. The number of nitrogens with one attached hydrogen (secondary N) is 2. The van der Waals surface area contributed by atoms with Crippen molar-refractivity contribution >= 4 is 5.96 Å². The van der Waals surface area contributed by atoms with Crippen LogP contribution in [0.5, 0.6) is 0 Å². The van der Waals surface area contributed by atoms with E-state index in [1.807, 2.05) is 0 Å². The van der Waals surface area contributed by atoms with Gasteiger partial charge < -0.3 is 0 Å². The first-order chi connectivity index (χ1) is 5.20. The maximum Gasteiger partial charge on any atom is 0.280 e. The molecule has 0 amide bonds. The van der Waals surface area contributed by atoms with E-state index < -0.39 is 11.0 Å². The molecule has 0 unspecified atom stereocenters. The molecule has 1 aromatic heterocycles. The van der Waals surface area contributed by atoms with Crippen molar-refractivity contribution in [2.75, 3.05) is 0 Å². The van der Waals surface area contributed by atoms with Crippen LogP contribution in [0.3, 0.4) is 0 Å². The quantitative estimate of drug-likeness (QED) is 0.230. The van der Waals surface area contributed by atoms with Gasteiger partial charge in [-0.15, -0.1) is 0 Å². The summed E-state index contributed by atoms with van der Waals surface area (Å²) in [5, 5.41) is 19.4. The molecule has 0 aliphatic heterocycles. The van der Waals surface area contributed by atoms with Gasteiger partial charge in [0.25, 0.3) is 5.96 Å². The Labute approximate surface area is 60.5 Å². The summed E-state index contributed by atoms with van der Waals surface area (Å²) >= 11 is 0. The highest BCUT2D eigenvalue weighted by molar-refractivity contribution is 5.76. The van der Waals surface area contributed by atoms with Gasteiger partial charge in [0.1, 0.15) is 12.7 Å². The zero-order valence-corrected chi connectivity index (χ0v) is 5.26. The average Bonchev–Trinajstić information content (AvgIpc) is 2.35. The minimum absolute atomic E-state index is 0.451. The van der Waals surface area contributed by atoms with Crippen LogP contribution in [0, 0.1) is 15.5 Å². The standard InChI is InChI=1S/C3H4N6O2/c4-3(7-9(10)11)8-2-5-1-6-8/h1-2H,(H2,4,7). The molecule has 0 bridgehead atoms. The molecule has 8 nitrogen and oxygen atoms in total. The molecule has 0 saturated carbocycles. The van der Waals surface area contributed by atoms with Gasteiger partial charge in [0.15, 0.2) is 5.03 Å². The molecule has 8 heteroatoms. The predicted octanol–water partition coefficient (Wildman–Crippen LogP) is -1.16. The molecule has 0 spiro atoms. The van der Waals surface area contributed by atoms with Crippen molar-refractivity contribution in [2.24, 2.45) is 0 Å². The first-order valence-electron chi connectivity index (χ1n) is 2.55. The van der Waals surface area contributed by atoms with E-state index in [1.54, 1.807) is 5.43 Å². The molecule has 0 radical (unpaired) electrons. The normalized spacial score (nSPS) is 9.09. The first kappa shape index (κ1) is 7.12. The lowest BCUT2D eigenvalue weighted by molar-refractivity contribution is -0.525. The van der Waals surface area contributed by atoms with Gasteiger partial charge in [0.05, 0.1) is 0 Å². The van der Waals surface area contributed by atoms with Gasteiger partial charge in [-0.1, -0.05) is 5.43 Å². The van der Waals surface area contributed by atoms with E-state index >= 15 is 0 Å². The Morgan fingerprint density at radius 2 is 2.55 bits per heavy atom. The van der Waals surface area contributed by atoms with Gasteiger partial charge in [-0.25, -0.2) is 15.1 Å². The minimum atomic E-state index is -0.843. The van der Waals surface area contributed by atoms with E-state index in [-0.39, 0.29) is 0 Å². The number of hydrogen-bond acceptors (Lipinski definition) is 5. The lowest BCUT2D eigenvalue weighted by atomic mass is 11.0. The molecule has 0 aromatic carbocycles. The fourth-order valence-electron chi connectivity index (χ4n) is 0.461. The lowest BCUT2D eigenvalue weighted by Crippen LogP contribution is -2.34. The highest BCUT2D eigenvalue weighted by Gasteiger charge is 2.04. The summed E-state index contributed by atoms with van der Waals surface area (Å²) in [5.74, 6) is -0.451. The van der Waals surface area contributed by atoms with Gasteiger partial charge >= 0.3 is 0 Å². The highest BCUT2D eigenvalue weighted by Crippen LogP contribution is 1.75. The van der Waals surface area contributed by atoms with Crippen molar-refractivity contribution in [3.05, 3.63) is 22.8 Å². The van der Waals surface area contributed by atoms with E-state index in [4.69, 9.17) is 5.41 Å². The summed E-state index contributed by atoms with van der Waals surface area (Å²) in [4.78, 5) is 13.3. The van der Waals surface area contributed by atoms with E-state index in [0.29, 0.717) is 0 Å². The Hall–Kier alpha value is -1.99. The van der Waals surface area contributed by atoms with E-state index in [0.717, 1.165) is 4.68 Å². The Balaban J connectivity index is 2.64. The molecule has 0 aliphatic carbocycles. The summed E-state index contributed by atoms with van der Waals surface area (Å²) in [6.45, 7) is 0. The van der Waals surface area contributed by atoms with Gasteiger partial charge in [-0.05, 0) is 0 Å². The molecule has 0 fully saturated rings. The zero-order chi connectivity index (χ0) is 8.27. The van der Waals surface area contributed by atoms with Crippen molar-refractivity contribution in [1.82, 2.24) is 20.2 Å². The van der Waals surface area contributed by atoms with Crippen LogP contribution in [0.4, 0.5) is 0 Å². The second kappa shape index (κ2) is 2.73. The van der Waals surface area contributed by atoms with Crippen LogP contribution in [-0.2, 0) is 0 Å². The van der Waals surface area contributed by atoms with Crippen LogP contribution in [0.15, 0.2) is 12.7 Å². The number of aromatic nitrogens is 3. The molecule has 1 heterocycles. The lowest BCUT2D eigenvalue weighted by Gasteiger charge is -1.95. The van der Waals surface area contributed by atoms with Gasteiger partial charge in [-0.2, -0.15) is 9.78 Å². The number of rotatable bonds is 1. The van der Waals surface area contributed by atoms with Crippen LogP contribution in [0.25, 0.3) is 0 Å². The molecule has 1 rings (SSSR count). The maximum absolute atomic E-state index is 9.80. The Kier molecular flexibility index (Phi) is 1.77. The zero-order valence-electron chi connectivity index (χ0n) is 5.26. The summed E-state index contributed by atoms with van der Waals surface area (Å²) in [6, 6.07) is 0. The molecular weight excluding hydrogens is 152 g/mol. The molecule has 1 aromatic rings. The summed E-state index contributed by atoms with van der Waals surface area (Å²) in [6.07, 6.45) is 2.36. The van der Waals surface area contributed by atoms with Crippen molar-refractivity contribution < 1.29 is 5.03 Å². The smallest absolute Gasteiger partial charge is 0.263 e. The van der Waals surface area contributed by atoms with Crippen molar-refractivity contribution in [1.29, 1.82) is 5.41 Å². The maximum atomic E-state index is 9.80. The predicted molar refractivity (Wildman–Crippen MR) is 33.3 cm³/mol. The fourth-order valence-corrected chi connectivity index (χ4v) is 0.461. The number of hydrogen-bond donors (Lipinski definition) is 2. The Morgan fingerprint density at radius 3 is 3.00 bits per heavy atom. The Bertz CT molecular complexity index is 265. The minimum Gasteiger partial charge on any atom is -0.263 e. The SMILES string of the molecule is N=C(N[N+](=O)[O-])n1cncn1. The molecule has 0 saturated heterocycles. The highest BCUT2D eigenvalue weighted by atomic mass is 16.7. The second-order valence-corrected chi connectivity index (χ2v) is 1.56. The van der Waals surface area contributed by atoms with E-state index in [2.05, 4.69) is 10.1 Å². The molecule has 2 N–H and O–H groups in total. The summed E-state index contributed by atoms with van der Waals surface area (Å²) in [7, 11) is 0. The monoisotopic (exact) mass is 156 g/mol. The van der Waals surface area contributed by atoms with Crippen LogP contribution >= 0.6 is 0 Å². The average molecular weight is 156 g/mol. The fraction of sp³-hybridized carbons (Fsp3) is 0. The number of nitro groups is 1. The van der Waals surface area contributed by atoms with Gasteiger partial charge in [0, 0.05) is 0 Å². The molecule has 0 aliphatic rings. The summed E-state index contributed by atoms with van der Waals surface area (Å²) < 4.78 is 0.933. The van der Waals surface area contributed by atoms with Crippen molar-refractivity contribution in [3.8, 4) is 0 Å². The third kappa shape index (κ3) is 1.71. The molecular formula is C3H4N6O2. The largest absolute Gasteiger partial charge is 0.280 e. The van der Waals surface area contributed by atoms with Crippen LogP contribution in [0.1, 0.15) is 0 Å². The third-order valence-electron chi connectivity index (χ3n) is 0.845. The van der Waals surface area contributed by atoms with Crippen LogP contribution < -0.4 is 5.43 Å². The van der Waals surface area contributed by atoms with Crippen LogP contribution in [-0.4, -0.2) is 25.8 Å². The van der Waals surface area contributed by atoms with E-state index in [1.165, 1.54) is 12.7 Å². The van der Waals surface area contributed by atoms with Crippen molar-refractivity contribution in [2.45, 2.75) is 0 Å². The number of nitrogens with zero attached hydrogens (tertiary/aromatic N) is 4. The Morgan fingerprint density at radius 1 is 1.82 bits per heavy atom. The number of hydrazine groups is 1. The van der Waals surface area contributed by atoms with Crippen molar-refractivity contribution in [3.63, 3.8) is 0 Å². The van der Waals surface area contributed by atoms with Gasteiger partial charge in [-0.3, -0.25) is 5.41 Å². The first-order valence-corrected chi connectivity index (χ1v) is 2.55. The molecule has 0 atom stereocenters.